The Bertz CT molecular complexity index is 181. The van der Waals surface area contributed by atoms with Crippen LogP contribution in [-0.2, 0) is 0 Å². The monoisotopic (exact) mass is 156 g/mol. The number of rotatable bonds is 1. The fourth-order valence-electron chi connectivity index (χ4n) is 0.590. The van der Waals surface area contributed by atoms with Crippen LogP contribution in [0.25, 0.3) is 0 Å². The fourth-order valence-corrected chi connectivity index (χ4v) is 0.590. The van der Waals surface area contributed by atoms with Gasteiger partial charge in [0.1, 0.15) is 0 Å². The molecule has 1 nitrogen and oxygen atoms in total. The van der Waals surface area contributed by atoms with Crippen molar-refractivity contribution >= 4 is 0 Å². The Labute approximate surface area is 66.7 Å². The third kappa shape index (κ3) is 3.61. The number of halogens is 1. The summed E-state index contributed by atoms with van der Waals surface area (Å²) in [6.07, 6.45) is 0. The van der Waals surface area contributed by atoms with E-state index >= 15 is 0 Å². The summed E-state index contributed by atoms with van der Waals surface area (Å²) in [5.74, 6) is 0.251. The van der Waals surface area contributed by atoms with Crippen LogP contribution in [0.1, 0.15) is 19.4 Å². The highest BCUT2D eigenvalue weighted by molar-refractivity contribution is 5.25. The minimum absolute atomic E-state index is 0.251. The van der Waals surface area contributed by atoms with Gasteiger partial charge < -0.3 is 0 Å². The predicted molar refractivity (Wildman–Crippen MR) is 44.3 cm³/mol. The predicted octanol–water partition coefficient (Wildman–Crippen LogP) is 3.28. The van der Waals surface area contributed by atoms with Crippen LogP contribution in [-0.4, -0.2) is 0 Å². The minimum Gasteiger partial charge on any atom is -0.294 e. The first kappa shape index (κ1) is 9.95. The van der Waals surface area contributed by atoms with E-state index in [1.165, 1.54) is 0 Å². The molecule has 0 radical (unpaired) electrons. The zero-order chi connectivity index (χ0) is 8.69. The zero-order valence-corrected chi connectivity index (χ0v) is 7.10. The maximum atomic E-state index is 11.4. The Balaban J connectivity index is 0.000000461. The van der Waals surface area contributed by atoms with Crippen LogP contribution >= 0.6 is 0 Å². The molecule has 0 saturated heterocycles. The first-order valence-electron chi connectivity index (χ1n) is 3.68. The Hall–Kier alpha value is -1.05. The van der Waals surface area contributed by atoms with Crippen LogP contribution in [0.2, 0.25) is 0 Å². The van der Waals surface area contributed by atoms with Crippen molar-refractivity contribution in [3.8, 4) is 5.75 Å². The second kappa shape index (κ2) is 5.71. The molecule has 0 atom stereocenters. The van der Waals surface area contributed by atoms with Crippen molar-refractivity contribution in [3.05, 3.63) is 29.8 Å². The van der Waals surface area contributed by atoms with E-state index < -0.39 is 0 Å². The van der Waals surface area contributed by atoms with Gasteiger partial charge in [0.05, 0.1) is 0 Å². The Morgan fingerprint density at radius 3 is 1.91 bits per heavy atom. The highest BCUT2D eigenvalue weighted by atomic mass is 19.3. The van der Waals surface area contributed by atoms with Gasteiger partial charge in [-0.2, -0.15) is 0 Å². The molecular formula is C9H13FO. The lowest BCUT2D eigenvalue weighted by Crippen LogP contribution is -1.75. The summed E-state index contributed by atoms with van der Waals surface area (Å²) < 4.78 is 11.4. The van der Waals surface area contributed by atoms with E-state index in [0.29, 0.717) is 0 Å². The van der Waals surface area contributed by atoms with Gasteiger partial charge in [0.2, 0.25) is 0 Å². The molecule has 11 heavy (non-hydrogen) atoms. The summed E-state index contributed by atoms with van der Waals surface area (Å²) >= 11 is 0. The number of benzene rings is 1. The molecule has 0 heterocycles. The lowest BCUT2D eigenvalue weighted by Gasteiger charge is -1.92. The molecule has 0 spiro atoms. The fraction of sp³-hybridized carbons (Fsp3) is 0.333. The Morgan fingerprint density at radius 1 is 1.09 bits per heavy atom. The van der Waals surface area contributed by atoms with E-state index in [0.717, 1.165) is 5.56 Å². The molecule has 1 rings (SSSR count). The van der Waals surface area contributed by atoms with Crippen molar-refractivity contribution < 1.29 is 9.47 Å². The van der Waals surface area contributed by atoms with Crippen molar-refractivity contribution in [3.63, 3.8) is 0 Å². The Morgan fingerprint density at radius 2 is 1.55 bits per heavy atom. The highest BCUT2D eigenvalue weighted by Gasteiger charge is 1.88. The number of hydrogen-bond donors (Lipinski definition) is 0. The normalized spacial score (nSPS) is 8.00. The maximum absolute atomic E-state index is 11.4. The Kier molecular flexibility index (Phi) is 5.17. The van der Waals surface area contributed by atoms with E-state index in [1.807, 2.05) is 20.8 Å². The third-order valence-electron chi connectivity index (χ3n) is 1.11. The summed E-state index contributed by atoms with van der Waals surface area (Å²) in [5.41, 5.74) is 1.09. The number of aryl methyl sites for hydroxylation is 1. The van der Waals surface area contributed by atoms with Gasteiger partial charge in [-0.15, -0.1) is 0 Å². The highest BCUT2D eigenvalue weighted by Crippen LogP contribution is 2.10. The van der Waals surface area contributed by atoms with E-state index in [2.05, 4.69) is 4.94 Å². The van der Waals surface area contributed by atoms with Gasteiger partial charge in [-0.3, -0.25) is 4.94 Å². The SMILES string of the molecule is CC.Cc1ccc(OF)cc1. The summed E-state index contributed by atoms with van der Waals surface area (Å²) in [6, 6.07) is 6.73. The molecular weight excluding hydrogens is 143 g/mol. The van der Waals surface area contributed by atoms with Gasteiger partial charge in [-0.25, -0.2) is 0 Å². The largest absolute Gasteiger partial charge is 0.294 e. The molecule has 0 N–H and O–H groups in total. The molecule has 0 saturated carbocycles. The first-order chi connectivity index (χ1) is 5.33. The minimum atomic E-state index is 0.251. The lowest BCUT2D eigenvalue weighted by molar-refractivity contribution is -0.00621. The molecule has 0 aliphatic heterocycles. The lowest BCUT2D eigenvalue weighted by atomic mass is 10.2. The van der Waals surface area contributed by atoms with Crippen LogP contribution in [0.15, 0.2) is 24.3 Å². The van der Waals surface area contributed by atoms with Gasteiger partial charge >= 0.3 is 0 Å². The molecule has 0 amide bonds. The first-order valence-corrected chi connectivity index (χ1v) is 3.68. The van der Waals surface area contributed by atoms with E-state index in [1.54, 1.807) is 24.3 Å². The second-order valence-electron chi connectivity index (χ2n) is 1.89. The molecule has 0 aromatic heterocycles. The van der Waals surface area contributed by atoms with Crippen LogP contribution in [0.5, 0.6) is 5.75 Å². The molecule has 2 heteroatoms. The van der Waals surface area contributed by atoms with E-state index in [9.17, 15) is 4.53 Å². The van der Waals surface area contributed by atoms with Crippen LogP contribution in [0.4, 0.5) is 4.53 Å². The van der Waals surface area contributed by atoms with Gasteiger partial charge in [0, 0.05) is 4.53 Å². The molecule has 0 aliphatic carbocycles. The van der Waals surface area contributed by atoms with Crippen LogP contribution in [0, 0.1) is 6.92 Å². The molecule has 0 bridgehead atoms. The molecule has 1 aromatic carbocycles. The van der Waals surface area contributed by atoms with Gasteiger partial charge in [-0.05, 0) is 19.1 Å². The quantitative estimate of drug-likeness (QED) is 0.606. The number of hydrogen-bond acceptors (Lipinski definition) is 1. The summed E-state index contributed by atoms with van der Waals surface area (Å²) in [5, 5.41) is 0. The van der Waals surface area contributed by atoms with Gasteiger partial charge in [-0.1, -0.05) is 31.5 Å². The molecule has 0 unspecified atom stereocenters. The average Bonchev–Trinajstić information content (AvgIpc) is 2.10. The van der Waals surface area contributed by atoms with Crippen LogP contribution < -0.4 is 4.94 Å². The van der Waals surface area contributed by atoms with E-state index in [-0.39, 0.29) is 5.75 Å². The van der Waals surface area contributed by atoms with Crippen molar-refractivity contribution in [2.24, 2.45) is 0 Å². The zero-order valence-electron chi connectivity index (χ0n) is 7.10. The summed E-state index contributed by atoms with van der Waals surface area (Å²) in [4.78, 5) is 3.47. The maximum Gasteiger partial charge on any atom is 0.171 e. The van der Waals surface area contributed by atoms with Crippen molar-refractivity contribution in [2.75, 3.05) is 0 Å². The standard InChI is InChI=1S/C7H7FO.C2H6/c1-6-2-4-7(9-8)5-3-6;1-2/h2-5H,1H3;1-2H3. The molecule has 0 fully saturated rings. The smallest absolute Gasteiger partial charge is 0.171 e. The second-order valence-corrected chi connectivity index (χ2v) is 1.89. The molecule has 62 valence electrons. The van der Waals surface area contributed by atoms with Crippen molar-refractivity contribution in [1.29, 1.82) is 0 Å². The van der Waals surface area contributed by atoms with Crippen LogP contribution in [0.3, 0.4) is 0 Å². The van der Waals surface area contributed by atoms with Crippen molar-refractivity contribution in [1.82, 2.24) is 0 Å². The van der Waals surface area contributed by atoms with Gasteiger partial charge in [0.25, 0.3) is 0 Å². The summed E-state index contributed by atoms with van der Waals surface area (Å²) in [7, 11) is 0. The molecule has 0 aliphatic rings. The average molecular weight is 156 g/mol. The summed E-state index contributed by atoms with van der Waals surface area (Å²) in [6.45, 7) is 5.93. The van der Waals surface area contributed by atoms with Crippen molar-refractivity contribution in [2.45, 2.75) is 20.8 Å². The topological polar surface area (TPSA) is 9.23 Å². The van der Waals surface area contributed by atoms with Gasteiger partial charge in [0.15, 0.2) is 5.75 Å². The molecule has 1 aromatic rings. The third-order valence-corrected chi connectivity index (χ3v) is 1.11. The van der Waals surface area contributed by atoms with E-state index in [4.69, 9.17) is 0 Å².